The predicted molar refractivity (Wildman–Crippen MR) is 57.1 cm³/mol. The minimum atomic E-state index is 0.220. The Morgan fingerprint density at radius 2 is 2.25 bits per heavy atom. The van der Waals surface area contributed by atoms with E-state index < -0.39 is 0 Å². The van der Waals surface area contributed by atoms with E-state index in [1.54, 1.807) is 0 Å². The summed E-state index contributed by atoms with van der Waals surface area (Å²) >= 11 is 1.89. The summed E-state index contributed by atoms with van der Waals surface area (Å²) in [5.41, 5.74) is 7.35. The van der Waals surface area contributed by atoms with E-state index in [1.807, 2.05) is 11.8 Å². The van der Waals surface area contributed by atoms with Gasteiger partial charge in [0.1, 0.15) is 0 Å². The van der Waals surface area contributed by atoms with Crippen molar-refractivity contribution in [3.63, 3.8) is 0 Å². The van der Waals surface area contributed by atoms with Gasteiger partial charge in [0, 0.05) is 23.8 Å². The fraction of sp³-hybridized carbons (Fsp3) is 0.889. The third-order valence-electron chi connectivity index (χ3n) is 1.73. The van der Waals surface area contributed by atoms with Gasteiger partial charge in [-0.05, 0) is 5.41 Å². The molecule has 1 saturated heterocycles. The Bertz CT molecular complexity index is 181. The zero-order valence-corrected chi connectivity index (χ0v) is 8.95. The van der Waals surface area contributed by atoms with Gasteiger partial charge in [-0.2, -0.15) is 11.8 Å². The first kappa shape index (κ1) is 10.1. The first-order valence-corrected chi connectivity index (χ1v) is 5.51. The standard InChI is InChI=1S/C9H18N2S/c1-9(2,3)6-11-8-5-12-4-7(8)10/h7H,4-6,10H2,1-3H3. The fourth-order valence-corrected chi connectivity index (χ4v) is 2.07. The van der Waals surface area contributed by atoms with Gasteiger partial charge in [-0.15, -0.1) is 0 Å². The normalized spacial score (nSPS) is 28.3. The second kappa shape index (κ2) is 3.79. The Kier molecular flexibility index (Phi) is 3.18. The quantitative estimate of drug-likeness (QED) is 0.674. The average Bonchev–Trinajstić information content (AvgIpc) is 2.29. The molecule has 1 rings (SSSR count). The van der Waals surface area contributed by atoms with E-state index >= 15 is 0 Å². The highest BCUT2D eigenvalue weighted by molar-refractivity contribution is 8.00. The van der Waals surface area contributed by atoms with Crippen LogP contribution >= 0.6 is 11.8 Å². The Labute approximate surface area is 79.0 Å². The Hall–Kier alpha value is -0.0200. The molecule has 0 aromatic carbocycles. The molecule has 1 unspecified atom stereocenters. The van der Waals surface area contributed by atoms with Crippen molar-refractivity contribution in [2.75, 3.05) is 18.1 Å². The van der Waals surface area contributed by atoms with Crippen molar-refractivity contribution >= 4 is 17.5 Å². The zero-order valence-electron chi connectivity index (χ0n) is 8.13. The smallest absolute Gasteiger partial charge is 0.0526 e. The molecule has 0 saturated carbocycles. The lowest BCUT2D eigenvalue weighted by molar-refractivity contribution is 0.429. The topological polar surface area (TPSA) is 38.4 Å². The molecule has 0 spiro atoms. The number of rotatable bonds is 1. The highest BCUT2D eigenvalue weighted by atomic mass is 32.2. The lowest BCUT2D eigenvalue weighted by Crippen LogP contribution is -2.29. The molecule has 1 aliphatic heterocycles. The van der Waals surface area contributed by atoms with Gasteiger partial charge in [0.05, 0.1) is 6.04 Å². The van der Waals surface area contributed by atoms with Crippen LogP contribution in [-0.4, -0.2) is 29.8 Å². The van der Waals surface area contributed by atoms with Gasteiger partial charge in [0.2, 0.25) is 0 Å². The molecule has 0 aromatic heterocycles. The van der Waals surface area contributed by atoms with E-state index in [1.165, 1.54) is 5.71 Å². The maximum atomic E-state index is 5.86. The second-order valence-electron chi connectivity index (χ2n) is 4.49. The maximum Gasteiger partial charge on any atom is 0.0526 e. The van der Waals surface area contributed by atoms with Gasteiger partial charge in [-0.25, -0.2) is 0 Å². The van der Waals surface area contributed by atoms with Crippen LogP contribution in [0.15, 0.2) is 4.99 Å². The summed E-state index contributed by atoms with van der Waals surface area (Å²) in [6.45, 7) is 7.50. The zero-order chi connectivity index (χ0) is 9.19. The predicted octanol–water partition coefficient (Wildman–Crippen LogP) is 1.55. The molecule has 1 heterocycles. The molecule has 2 N–H and O–H groups in total. The highest BCUT2D eigenvalue weighted by Gasteiger charge is 2.19. The molecule has 1 fully saturated rings. The van der Waals surface area contributed by atoms with E-state index in [0.29, 0.717) is 5.41 Å². The van der Waals surface area contributed by atoms with Crippen LogP contribution in [0.1, 0.15) is 20.8 Å². The van der Waals surface area contributed by atoms with Crippen LogP contribution < -0.4 is 5.73 Å². The first-order valence-electron chi connectivity index (χ1n) is 4.35. The molecular formula is C9H18N2S. The Morgan fingerprint density at radius 1 is 1.58 bits per heavy atom. The van der Waals surface area contributed by atoms with Crippen molar-refractivity contribution in [3.8, 4) is 0 Å². The molecule has 0 radical (unpaired) electrons. The fourth-order valence-electron chi connectivity index (χ4n) is 0.995. The van der Waals surface area contributed by atoms with Gasteiger partial charge in [0.15, 0.2) is 0 Å². The van der Waals surface area contributed by atoms with Crippen LogP contribution in [-0.2, 0) is 0 Å². The van der Waals surface area contributed by atoms with Crippen molar-refractivity contribution < 1.29 is 0 Å². The van der Waals surface area contributed by atoms with Gasteiger partial charge in [0.25, 0.3) is 0 Å². The highest BCUT2D eigenvalue weighted by Crippen LogP contribution is 2.17. The van der Waals surface area contributed by atoms with Crippen molar-refractivity contribution in [1.29, 1.82) is 0 Å². The van der Waals surface area contributed by atoms with E-state index in [9.17, 15) is 0 Å². The third kappa shape index (κ3) is 3.15. The summed E-state index contributed by atoms with van der Waals surface area (Å²) in [5.74, 6) is 2.08. The van der Waals surface area contributed by atoms with Crippen LogP contribution in [0.3, 0.4) is 0 Å². The Morgan fingerprint density at radius 3 is 2.67 bits per heavy atom. The maximum absolute atomic E-state index is 5.86. The van der Waals surface area contributed by atoms with Crippen molar-refractivity contribution in [2.24, 2.45) is 16.1 Å². The largest absolute Gasteiger partial charge is 0.322 e. The van der Waals surface area contributed by atoms with Gasteiger partial charge >= 0.3 is 0 Å². The molecule has 0 aromatic rings. The summed E-state index contributed by atoms with van der Waals surface area (Å²) in [6.07, 6.45) is 0. The molecular weight excluding hydrogens is 168 g/mol. The summed E-state index contributed by atoms with van der Waals surface area (Å²) < 4.78 is 0. The molecule has 0 amide bonds. The SMILES string of the molecule is CC(C)(C)CN=C1CSCC1N. The van der Waals surface area contributed by atoms with Gasteiger partial charge in [-0.1, -0.05) is 20.8 Å². The molecule has 0 aliphatic carbocycles. The lowest BCUT2D eigenvalue weighted by atomic mass is 9.97. The minimum absolute atomic E-state index is 0.220. The monoisotopic (exact) mass is 186 g/mol. The van der Waals surface area contributed by atoms with Gasteiger partial charge < -0.3 is 5.73 Å². The van der Waals surface area contributed by atoms with E-state index in [-0.39, 0.29) is 6.04 Å². The molecule has 0 bridgehead atoms. The number of aliphatic imine (C=N–C) groups is 1. The second-order valence-corrected chi connectivity index (χ2v) is 5.52. The summed E-state index contributed by atoms with van der Waals surface area (Å²) in [7, 11) is 0. The minimum Gasteiger partial charge on any atom is -0.322 e. The molecule has 12 heavy (non-hydrogen) atoms. The van der Waals surface area contributed by atoms with E-state index in [2.05, 4.69) is 25.8 Å². The number of nitrogens with two attached hydrogens (primary N) is 1. The molecule has 1 aliphatic rings. The average molecular weight is 186 g/mol. The van der Waals surface area contributed by atoms with Crippen molar-refractivity contribution in [1.82, 2.24) is 0 Å². The molecule has 3 heteroatoms. The van der Waals surface area contributed by atoms with Crippen LogP contribution in [0.5, 0.6) is 0 Å². The number of hydrogen-bond donors (Lipinski definition) is 1. The number of hydrogen-bond acceptors (Lipinski definition) is 3. The van der Waals surface area contributed by atoms with E-state index in [4.69, 9.17) is 5.73 Å². The number of thioether (sulfide) groups is 1. The summed E-state index contributed by atoms with van der Waals surface area (Å²) in [4.78, 5) is 4.55. The van der Waals surface area contributed by atoms with E-state index in [0.717, 1.165) is 18.1 Å². The van der Waals surface area contributed by atoms with Crippen LogP contribution in [0.2, 0.25) is 0 Å². The van der Waals surface area contributed by atoms with Crippen LogP contribution in [0, 0.1) is 5.41 Å². The first-order chi connectivity index (χ1) is 5.49. The summed E-state index contributed by atoms with van der Waals surface area (Å²) in [6, 6.07) is 0.220. The van der Waals surface area contributed by atoms with Crippen molar-refractivity contribution in [2.45, 2.75) is 26.8 Å². The summed E-state index contributed by atoms with van der Waals surface area (Å²) in [5, 5.41) is 0. The number of nitrogens with zero attached hydrogens (tertiary/aromatic N) is 1. The lowest BCUT2D eigenvalue weighted by Gasteiger charge is -2.15. The Balaban J connectivity index is 2.46. The van der Waals surface area contributed by atoms with Crippen LogP contribution in [0.25, 0.3) is 0 Å². The van der Waals surface area contributed by atoms with Crippen LogP contribution in [0.4, 0.5) is 0 Å². The van der Waals surface area contributed by atoms with Gasteiger partial charge in [-0.3, -0.25) is 4.99 Å². The molecule has 2 nitrogen and oxygen atoms in total. The molecule has 70 valence electrons. The third-order valence-corrected chi connectivity index (χ3v) is 2.83. The molecule has 1 atom stereocenters. The van der Waals surface area contributed by atoms with Crippen molar-refractivity contribution in [3.05, 3.63) is 0 Å².